The third-order valence-electron chi connectivity index (χ3n) is 2.78. The summed E-state index contributed by atoms with van der Waals surface area (Å²) < 4.78 is 2.13. The lowest BCUT2D eigenvalue weighted by atomic mass is 10.2. The van der Waals surface area contributed by atoms with Crippen molar-refractivity contribution in [2.75, 3.05) is 19.4 Å². The third-order valence-corrected chi connectivity index (χ3v) is 2.78. The Balaban J connectivity index is 2.44. The average Bonchev–Trinajstić information content (AvgIpc) is 2.68. The highest BCUT2D eigenvalue weighted by Gasteiger charge is 2.10. The summed E-state index contributed by atoms with van der Waals surface area (Å²) in [4.78, 5) is 13.2. The number of anilines is 1. The molecule has 0 radical (unpaired) electrons. The normalized spacial score (nSPS) is 10.5. The second-order valence-electron chi connectivity index (χ2n) is 4.17. The molecule has 0 aliphatic heterocycles. The van der Waals surface area contributed by atoms with Crippen molar-refractivity contribution in [1.29, 1.82) is 0 Å². The molecule has 0 fully saturated rings. The van der Waals surface area contributed by atoms with E-state index in [2.05, 4.69) is 22.9 Å². The quantitative estimate of drug-likeness (QED) is 0.847. The number of benzene rings is 1. The van der Waals surface area contributed by atoms with Crippen LogP contribution in [0.3, 0.4) is 0 Å². The number of carbonyl (C=O) groups is 1. The van der Waals surface area contributed by atoms with Crippen molar-refractivity contribution in [3.63, 3.8) is 0 Å². The molecule has 0 aliphatic rings. The molecule has 1 heterocycles. The second-order valence-corrected chi connectivity index (χ2v) is 4.17. The van der Waals surface area contributed by atoms with Crippen molar-refractivity contribution in [3.8, 4) is 0 Å². The Morgan fingerprint density at radius 2 is 2.06 bits per heavy atom. The van der Waals surface area contributed by atoms with Gasteiger partial charge < -0.3 is 14.8 Å². The van der Waals surface area contributed by atoms with Crippen LogP contribution in [0.15, 0.2) is 30.5 Å². The zero-order valence-electron chi connectivity index (χ0n) is 10.4. The van der Waals surface area contributed by atoms with Gasteiger partial charge in [0.1, 0.15) is 0 Å². The fraction of sp³-hybridized carbons (Fsp3) is 0.308. The van der Waals surface area contributed by atoms with Gasteiger partial charge in [-0.05, 0) is 13.0 Å². The summed E-state index contributed by atoms with van der Waals surface area (Å²) in [6, 6.07) is 7.96. The van der Waals surface area contributed by atoms with Crippen LogP contribution in [0, 0.1) is 0 Å². The van der Waals surface area contributed by atoms with Crippen LogP contribution >= 0.6 is 0 Å². The first-order valence-electron chi connectivity index (χ1n) is 5.69. The number of aromatic nitrogens is 1. The van der Waals surface area contributed by atoms with E-state index in [-0.39, 0.29) is 6.03 Å². The molecule has 17 heavy (non-hydrogen) atoms. The smallest absolute Gasteiger partial charge is 0.321 e. The van der Waals surface area contributed by atoms with Gasteiger partial charge in [-0.25, -0.2) is 4.79 Å². The van der Waals surface area contributed by atoms with Crippen LogP contribution in [0.5, 0.6) is 0 Å². The maximum absolute atomic E-state index is 11.7. The molecule has 1 N–H and O–H groups in total. The van der Waals surface area contributed by atoms with Crippen LogP contribution in [-0.4, -0.2) is 29.6 Å². The van der Waals surface area contributed by atoms with E-state index in [9.17, 15) is 4.79 Å². The third kappa shape index (κ3) is 2.11. The minimum absolute atomic E-state index is 0.107. The Morgan fingerprint density at radius 3 is 2.71 bits per heavy atom. The summed E-state index contributed by atoms with van der Waals surface area (Å²) in [6.45, 7) is 2.97. The standard InChI is InChI=1S/C13H17N3O/c1-4-16-9-11(14-13(17)15(2)3)10-7-5-6-8-12(10)16/h5-9H,4H2,1-3H3,(H,14,17). The predicted octanol–water partition coefficient (Wildman–Crippen LogP) is 2.75. The average molecular weight is 231 g/mol. The zero-order chi connectivity index (χ0) is 12.4. The monoisotopic (exact) mass is 231 g/mol. The van der Waals surface area contributed by atoms with E-state index in [1.807, 2.05) is 24.4 Å². The molecule has 0 aliphatic carbocycles. The number of hydrogen-bond acceptors (Lipinski definition) is 1. The molecular formula is C13H17N3O. The molecule has 0 spiro atoms. The van der Waals surface area contributed by atoms with Crippen molar-refractivity contribution in [2.24, 2.45) is 0 Å². The second kappa shape index (κ2) is 4.49. The molecular weight excluding hydrogens is 214 g/mol. The summed E-state index contributed by atoms with van der Waals surface area (Å²) in [7, 11) is 3.46. The maximum atomic E-state index is 11.7. The van der Waals surface area contributed by atoms with Gasteiger partial charge >= 0.3 is 6.03 Å². The number of amides is 2. The van der Waals surface area contributed by atoms with E-state index < -0.39 is 0 Å². The minimum Gasteiger partial charge on any atom is -0.346 e. The fourth-order valence-corrected chi connectivity index (χ4v) is 1.84. The van der Waals surface area contributed by atoms with Gasteiger partial charge in [-0.1, -0.05) is 18.2 Å². The van der Waals surface area contributed by atoms with E-state index >= 15 is 0 Å². The Labute approximate surface area is 101 Å². The van der Waals surface area contributed by atoms with Gasteiger partial charge in [-0.15, -0.1) is 0 Å². The van der Waals surface area contributed by atoms with E-state index in [4.69, 9.17) is 0 Å². The topological polar surface area (TPSA) is 37.3 Å². The number of rotatable bonds is 2. The summed E-state index contributed by atoms with van der Waals surface area (Å²) >= 11 is 0. The predicted molar refractivity (Wildman–Crippen MR) is 70.3 cm³/mol. The molecule has 0 saturated carbocycles. The number of para-hydroxylation sites is 1. The first-order chi connectivity index (χ1) is 8.13. The van der Waals surface area contributed by atoms with E-state index in [0.29, 0.717) is 0 Å². The molecule has 90 valence electrons. The molecule has 4 heteroatoms. The number of fused-ring (bicyclic) bond motifs is 1. The molecule has 0 atom stereocenters. The van der Waals surface area contributed by atoms with E-state index in [1.54, 1.807) is 14.1 Å². The van der Waals surface area contributed by atoms with Gasteiger partial charge in [0.2, 0.25) is 0 Å². The fourth-order valence-electron chi connectivity index (χ4n) is 1.84. The number of hydrogen-bond donors (Lipinski definition) is 1. The summed E-state index contributed by atoms with van der Waals surface area (Å²) in [5.41, 5.74) is 2.00. The van der Waals surface area contributed by atoms with Crippen LogP contribution in [-0.2, 0) is 6.54 Å². The molecule has 2 aromatic rings. The molecule has 1 aromatic carbocycles. The summed E-state index contributed by atoms with van der Waals surface area (Å²) in [5, 5.41) is 3.98. The number of nitrogens with zero attached hydrogens (tertiary/aromatic N) is 2. The Hall–Kier alpha value is -1.97. The van der Waals surface area contributed by atoms with Crippen LogP contribution in [0.25, 0.3) is 10.9 Å². The molecule has 2 rings (SSSR count). The number of urea groups is 1. The first kappa shape index (κ1) is 11.5. The van der Waals surface area contributed by atoms with Crippen molar-refractivity contribution in [1.82, 2.24) is 9.47 Å². The molecule has 1 aromatic heterocycles. The van der Waals surface area contributed by atoms with Crippen LogP contribution < -0.4 is 5.32 Å². The minimum atomic E-state index is -0.107. The molecule has 2 amide bonds. The van der Waals surface area contributed by atoms with E-state index in [1.165, 1.54) is 4.90 Å². The summed E-state index contributed by atoms with van der Waals surface area (Å²) in [5.74, 6) is 0. The summed E-state index contributed by atoms with van der Waals surface area (Å²) in [6.07, 6.45) is 1.98. The van der Waals surface area contributed by atoms with Gasteiger partial charge in [-0.2, -0.15) is 0 Å². The number of aryl methyl sites for hydroxylation is 1. The van der Waals surface area contributed by atoms with Crippen molar-refractivity contribution in [2.45, 2.75) is 13.5 Å². The van der Waals surface area contributed by atoms with Crippen LogP contribution in [0.4, 0.5) is 10.5 Å². The lowest BCUT2D eigenvalue weighted by molar-refractivity contribution is 0.230. The number of nitrogens with one attached hydrogen (secondary N) is 1. The zero-order valence-corrected chi connectivity index (χ0v) is 10.4. The van der Waals surface area contributed by atoms with Gasteiger partial charge in [0, 0.05) is 32.2 Å². The lowest BCUT2D eigenvalue weighted by Gasteiger charge is -2.10. The highest BCUT2D eigenvalue weighted by atomic mass is 16.2. The molecule has 0 saturated heterocycles. The van der Waals surface area contributed by atoms with Gasteiger partial charge in [0.05, 0.1) is 11.2 Å². The molecule has 4 nitrogen and oxygen atoms in total. The Bertz CT molecular complexity index is 543. The van der Waals surface area contributed by atoms with E-state index in [0.717, 1.165) is 23.1 Å². The van der Waals surface area contributed by atoms with Crippen LogP contribution in [0.1, 0.15) is 6.92 Å². The van der Waals surface area contributed by atoms with Crippen molar-refractivity contribution >= 4 is 22.6 Å². The van der Waals surface area contributed by atoms with Gasteiger partial charge in [0.15, 0.2) is 0 Å². The van der Waals surface area contributed by atoms with Crippen molar-refractivity contribution < 1.29 is 4.79 Å². The lowest BCUT2D eigenvalue weighted by Crippen LogP contribution is -2.27. The molecule has 0 bridgehead atoms. The maximum Gasteiger partial charge on any atom is 0.321 e. The Morgan fingerprint density at radius 1 is 1.35 bits per heavy atom. The number of carbonyl (C=O) groups excluding carboxylic acids is 1. The first-order valence-corrected chi connectivity index (χ1v) is 5.69. The van der Waals surface area contributed by atoms with Crippen LogP contribution in [0.2, 0.25) is 0 Å². The SMILES string of the molecule is CCn1cc(NC(=O)N(C)C)c2ccccc21. The van der Waals surface area contributed by atoms with Gasteiger partial charge in [-0.3, -0.25) is 0 Å². The van der Waals surface area contributed by atoms with Crippen molar-refractivity contribution in [3.05, 3.63) is 30.5 Å². The highest BCUT2D eigenvalue weighted by molar-refractivity contribution is 6.01. The van der Waals surface area contributed by atoms with Gasteiger partial charge in [0.25, 0.3) is 0 Å². The highest BCUT2D eigenvalue weighted by Crippen LogP contribution is 2.25. The molecule has 0 unspecified atom stereocenters. The Kier molecular flexibility index (Phi) is 3.04. The largest absolute Gasteiger partial charge is 0.346 e.